The van der Waals surface area contributed by atoms with Gasteiger partial charge in [0.1, 0.15) is 0 Å². The van der Waals surface area contributed by atoms with E-state index in [0.29, 0.717) is 17.1 Å². The number of rotatable bonds is 5. The minimum atomic E-state index is -4.71. The second-order valence-electron chi connectivity index (χ2n) is 7.99. The van der Waals surface area contributed by atoms with Crippen LogP contribution in [0.25, 0.3) is 0 Å². The van der Waals surface area contributed by atoms with E-state index < -0.39 is 43.8 Å². The quantitative estimate of drug-likeness (QED) is 0.553. The van der Waals surface area contributed by atoms with Gasteiger partial charge >= 0.3 is 6.18 Å². The van der Waals surface area contributed by atoms with Gasteiger partial charge in [0, 0.05) is 10.9 Å². The molecule has 0 aromatic heterocycles. The molecule has 2 aliphatic heterocycles. The lowest BCUT2D eigenvalue weighted by atomic mass is 10.1. The average Bonchev–Trinajstić information content (AvgIpc) is 3.23. The van der Waals surface area contributed by atoms with Gasteiger partial charge in [-0.2, -0.15) is 18.2 Å². The van der Waals surface area contributed by atoms with Gasteiger partial charge in [-0.1, -0.05) is 29.4 Å². The lowest BCUT2D eigenvalue weighted by Gasteiger charge is -2.25. The molecule has 2 aromatic carbocycles. The van der Waals surface area contributed by atoms with Crippen molar-refractivity contribution in [3.05, 3.63) is 52.5 Å². The highest BCUT2D eigenvalue weighted by Crippen LogP contribution is 2.43. The van der Waals surface area contributed by atoms with Crippen molar-refractivity contribution >= 4 is 50.0 Å². The Morgan fingerprint density at radius 2 is 1.86 bits per heavy atom. The number of aliphatic imine (C=N–C) groups is 1. The number of amides is 1. The number of ether oxygens (including phenoxy) is 2. The summed E-state index contributed by atoms with van der Waals surface area (Å²) in [5.74, 6) is -0.0239. The van der Waals surface area contributed by atoms with E-state index in [1.807, 2.05) is 0 Å². The number of sulfone groups is 1. The van der Waals surface area contributed by atoms with Crippen molar-refractivity contribution in [2.24, 2.45) is 4.99 Å². The topological polar surface area (TPSA) is 85.3 Å². The molecule has 35 heavy (non-hydrogen) atoms. The first-order valence-corrected chi connectivity index (χ1v) is 13.3. The molecule has 13 heteroatoms. The molecule has 2 fully saturated rings. The normalized spacial score (nSPS) is 22.3. The van der Waals surface area contributed by atoms with Crippen LogP contribution in [0.5, 0.6) is 11.5 Å². The standard InChI is InChI=1S/C22H20ClF3N2O5S2/c1-32-17-6-3-12(7-18(17)33-2)8-20(29)27-21-28(16-10-35(30,31)11-19(16)34-21)13-4-5-15(23)14(9-13)22(24,25)26/h3-7,9,16,19H,8,10-11H2,1-2H3/t16-,19-/m1/s1. The molecule has 0 saturated carbocycles. The van der Waals surface area contributed by atoms with Crippen LogP contribution in [0.15, 0.2) is 41.4 Å². The van der Waals surface area contributed by atoms with Crippen molar-refractivity contribution in [3.63, 3.8) is 0 Å². The fourth-order valence-corrected chi connectivity index (χ4v) is 8.21. The Bertz CT molecular complexity index is 1300. The molecule has 0 spiro atoms. The second-order valence-corrected chi connectivity index (χ2v) is 11.8. The van der Waals surface area contributed by atoms with Gasteiger partial charge in [0.05, 0.1) is 48.8 Å². The van der Waals surface area contributed by atoms with Crippen LogP contribution in [0.1, 0.15) is 11.1 Å². The Morgan fingerprint density at radius 3 is 2.51 bits per heavy atom. The van der Waals surface area contributed by atoms with Gasteiger partial charge in [-0.15, -0.1) is 0 Å². The van der Waals surface area contributed by atoms with E-state index in [2.05, 4.69) is 4.99 Å². The number of alkyl halides is 3. The third kappa shape index (κ3) is 5.39. The predicted octanol–water partition coefficient (Wildman–Crippen LogP) is 4.22. The highest BCUT2D eigenvalue weighted by atomic mass is 35.5. The Kier molecular flexibility index (Phi) is 7.00. The number of methoxy groups -OCH3 is 2. The van der Waals surface area contributed by atoms with Crippen molar-refractivity contribution in [2.45, 2.75) is 23.9 Å². The van der Waals surface area contributed by atoms with Crippen molar-refractivity contribution in [2.75, 3.05) is 30.6 Å². The maximum absolute atomic E-state index is 13.5. The summed E-state index contributed by atoms with van der Waals surface area (Å²) in [5, 5.41) is -0.791. The van der Waals surface area contributed by atoms with Crippen LogP contribution in [-0.4, -0.2) is 56.5 Å². The minimum absolute atomic E-state index is 0.0662. The van der Waals surface area contributed by atoms with Crippen LogP contribution in [-0.2, 0) is 27.2 Å². The molecular formula is C22H20ClF3N2O5S2. The van der Waals surface area contributed by atoms with Gasteiger partial charge in [0.25, 0.3) is 5.91 Å². The summed E-state index contributed by atoms with van der Waals surface area (Å²) in [6, 6.07) is 7.61. The summed E-state index contributed by atoms with van der Waals surface area (Å²) in [4.78, 5) is 18.4. The Labute approximate surface area is 209 Å². The molecule has 0 unspecified atom stereocenters. The van der Waals surface area contributed by atoms with Crippen molar-refractivity contribution in [1.29, 1.82) is 0 Å². The number of carbonyl (C=O) groups excluding carboxylic acids is 1. The summed E-state index contributed by atoms with van der Waals surface area (Å²) >= 11 is 6.83. The van der Waals surface area contributed by atoms with E-state index in [4.69, 9.17) is 21.1 Å². The van der Waals surface area contributed by atoms with Crippen LogP contribution in [0.2, 0.25) is 5.02 Å². The SMILES string of the molecule is COc1ccc(CC(=O)N=C2S[C@@H]3CS(=O)(=O)C[C@H]3N2c2ccc(Cl)c(C(F)(F)F)c2)cc1OC. The molecule has 2 saturated heterocycles. The van der Waals surface area contributed by atoms with E-state index >= 15 is 0 Å². The lowest BCUT2D eigenvalue weighted by Crippen LogP contribution is -2.38. The molecule has 0 aliphatic carbocycles. The Morgan fingerprint density at radius 1 is 1.14 bits per heavy atom. The van der Waals surface area contributed by atoms with Gasteiger partial charge in [-0.25, -0.2) is 8.42 Å². The van der Waals surface area contributed by atoms with Gasteiger partial charge < -0.3 is 14.4 Å². The second kappa shape index (κ2) is 9.55. The smallest absolute Gasteiger partial charge is 0.417 e. The van der Waals surface area contributed by atoms with Crippen LogP contribution in [0.3, 0.4) is 0 Å². The number of anilines is 1. The number of carbonyl (C=O) groups is 1. The lowest BCUT2D eigenvalue weighted by molar-refractivity contribution is -0.137. The van der Waals surface area contributed by atoms with Crippen molar-refractivity contribution in [3.8, 4) is 11.5 Å². The monoisotopic (exact) mass is 548 g/mol. The molecule has 2 heterocycles. The molecule has 2 aromatic rings. The zero-order valence-electron chi connectivity index (χ0n) is 18.5. The molecule has 0 bridgehead atoms. The number of thioether (sulfide) groups is 1. The fraction of sp³-hybridized carbons (Fsp3) is 0.364. The van der Waals surface area contributed by atoms with Crippen molar-refractivity contribution in [1.82, 2.24) is 0 Å². The maximum atomic E-state index is 13.5. The Balaban J connectivity index is 1.68. The van der Waals surface area contributed by atoms with E-state index in [1.165, 1.54) is 25.2 Å². The minimum Gasteiger partial charge on any atom is -0.493 e. The molecule has 188 valence electrons. The molecule has 2 aliphatic rings. The largest absolute Gasteiger partial charge is 0.493 e. The average molecular weight is 549 g/mol. The molecule has 2 atom stereocenters. The number of amidine groups is 1. The summed E-state index contributed by atoms with van der Waals surface area (Å²) in [6.07, 6.45) is -4.80. The summed E-state index contributed by atoms with van der Waals surface area (Å²) in [7, 11) is -0.437. The summed E-state index contributed by atoms with van der Waals surface area (Å²) in [6.45, 7) is 0. The molecule has 0 radical (unpaired) electrons. The molecule has 1 amide bonds. The van der Waals surface area contributed by atoms with E-state index in [9.17, 15) is 26.4 Å². The summed E-state index contributed by atoms with van der Waals surface area (Å²) in [5.41, 5.74) is -0.390. The third-order valence-corrected chi connectivity index (χ3v) is 9.16. The molecular weight excluding hydrogens is 529 g/mol. The number of halogens is 4. The number of hydrogen-bond donors (Lipinski definition) is 0. The number of nitrogens with zero attached hydrogens (tertiary/aromatic N) is 2. The predicted molar refractivity (Wildman–Crippen MR) is 128 cm³/mol. The van der Waals surface area contributed by atoms with Crippen LogP contribution in [0.4, 0.5) is 18.9 Å². The zero-order chi connectivity index (χ0) is 25.5. The highest BCUT2D eigenvalue weighted by Gasteiger charge is 2.49. The van der Waals surface area contributed by atoms with Gasteiger partial charge in [-0.3, -0.25) is 4.79 Å². The number of hydrogen-bond acceptors (Lipinski definition) is 6. The Hall–Kier alpha value is -2.44. The van der Waals surface area contributed by atoms with Crippen LogP contribution < -0.4 is 14.4 Å². The first kappa shape index (κ1) is 25.6. The molecule has 0 N–H and O–H groups in total. The zero-order valence-corrected chi connectivity index (χ0v) is 20.9. The summed E-state index contributed by atoms with van der Waals surface area (Å²) < 4.78 is 75.2. The number of fused-ring (bicyclic) bond motifs is 1. The van der Waals surface area contributed by atoms with E-state index in [-0.39, 0.29) is 28.8 Å². The number of benzene rings is 2. The first-order valence-electron chi connectivity index (χ1n) is 10.3. The molecule has 7 nitrogen and oxygen atoms in total. The van der Waals surface area contributed by atoms with E-state index in [0.717, 1.165) is 23.9 Å². The van der Waals surface area contributed by atoms with Gasteiger partial charge in [0.15, 0.2) is 26.5 Å². The van der Waals surface area contributed by atoms with E-state index in [1.54, 1.807) is 18.2 Å². The third-order valence-electron chi connectivity index (χ3n) is 5.62. The molecule has 4 rings (SSSR count). The van der Waals surface area contributed by atoms with Crippen LogP contribution in [0, 0.1) is 0 Å². The van der Waals surface area contributed by atoms with Crippen LogP contribution >= 0.6 is 23.4 Å². The maximum Gasteiger partial charge on any atom is 0.417 e. The van der Waals surface area contributed by atoms with Gasteiger partial charge in [0.2, 0.25) is 0 Å². The van der Waals surface area contributed by atoms with Gasteiger partial charge in [-0.05, 0) is 35.9 Å². The highest BCUT2D eigenvalue weighted by molar-refractivity contribution is 8.16. The fourth-order valence-electron chi connectivity index (χ4n) is 4.06. The van der Waals surface area contributed by atoms with Crippen molar-refractivity contribution < 1.29 is 35.9 Å². The first-order chi connectivity index (χ1) is 16.4.